The zero-order chi connectivity index (χ0) is 23.8. The fourth-order valence-corrected chi connectivity index (χ4v) is 4.51. The van der Waals surface area contributed by atoms with Gasteiger partial charge in [-0.1, -0.05) is 23.2 Å². The summed E-state index contributed by atoms with van der Waals surface area (Å²) in [6.45, 7) is 2.48. The standard InChI is InChI=1S/C22H22Cl2F3N5O/c1-2-32-11-16(20(24)31-32)21(33)29-14-5-3-4-13(9-14)28-18-10-19(22(25,26)27)30-17-7-6-12(23)8-15(17)18/h6-8,10-11,13-14H,2-5,9H2,1H3,(H,28,30)(H,29,33)/t13-,14+/m0/s1. The zero-order valence-corrected chi connectivity index (χ0v) is 19.2. The van der Waals surface area contributed by atoms with Crippen LogP contribution >= 0.6 is 23.2 Å². The highest BCUT2D eigenvalue weighted by Crippen LogP contribution is 2.35. The SMILES string of the molecule is CCn1cc(C(=O)N[C@@H]2CCC[C@H](Nc3cc(C(F)(F)F)nc4ccc(Cl)cc34)C2)c(Cl)n1. The Balaban J connectivity index is 1.53. The summed E-state index contributed by atoms with van der Waals surface area (Å²) in [7, 11) is 0. The fourth-order valence-electron chi connectivity index (χ4n) is 4.11. The molecule has 176 valence electrons. The molecule has 2 aromatic heterocycles. The Morgan fingerprint density at radius 1 is 1.21 bits per heavy atom. The minimum Gasteiger partial charge on any atom is -0.382 e. The Hall–Kier alpha value is -2.52. The van der Waals surface area contributed by atoms with Crippen LogP contribution in [0.15, 0.2) is 30.5 Å². The third-order valence-electron chi connectivity index (χ3n) is 5.72. The number of rotatable bonds is 5. The highest BCUT2D eigenvalue weighted by molar-refractivity contribution is 6.32. The summed E-state index contributed by atoms with van der Waals surface area (Å²) < 4.78 is 41.8. The average molecular weight is 500 g/mol. The van der Waals surface area contributed by atoms with Crippen molar-refractivity contribution in [3.8, 4) is 0 Å². The van der Waals surface area contributed by atoms with E-state index in [0.717, 1.165) is 25.3 Å². The Morgan fingerprint density at radius 2 is 1.97 bits per heavy atom. The highest BCUT2D eigenvalue weighted by atomic mass is 35.5. The molecule has 0 radical (unpaired) electrons. The van der Waals surface area contributed by atoms with E-state index in [1.165, 1.54) is 12.1 Å². The molecular formula is C22H22Cl2F3N5O. The van der Waals surface area contributed by atoms with Crippen molar-refractivity contribution in [2.45, 2.75) is 57.4 Å². The second-order valence-corrected chi connectivity index (χ2v) is 8.88. The van der Waals surface area contributed by atoms with E-state index in [1.807, 2.05) is 6.92 Å². The Morgan fingerprint density at radius 3 is 2.67 bits per heavy atom. The largest absolute Gasteiger partial charge is 0.433 e. The number of fused-ring (bicyclic) bond motifs is 1. The molecule has 33 heavy (non-hydrogen) atoms. The molecular weight excluding hydrogens is 478 g/mol. The summed E-state index contributed by atoms with van der Waals surface area (Å²) >= 11 is 12.2. The molecule has 6 nitrogen and oxygen atoms in total. The summed E-state index contributed by atoms with van der Waals surface area (Å²) in [5.41, 5.74) is -0.139. The second-order valence-electron chi connectivity index (χ2n) is 8.08. The van der Waals surface area contributed by atoms with E-state index in [2.05, 4.69) is 20.7 Å². The van der Waals surface area contributed by atoms with Gasteiger partial charge < -0.3 is 10.6 Å². The zero-order valence-electron chi connectivity index (χ0n) is 17.7. The van der Waals surface area contributed by atoms with E-state index in [4.69, 9.17) is 23.2 Å². The molecule has 1 aliphatic carbocycles. The molecule has 1 aliphatic rings. The van der Waals surface area contributed by atoms with Crippen LogP contribution in [0.1, 0.15) is 48.7 Å². The number of pyridine rings is 1. The number of anilines is 1. The average Bonchev–Trinajstić information content (AvgIpc) is 3.14. The van der Waals surface area contributed by atoms with Crippen molar-refractivity contribution in [1.29, 1.82) is 0 Å². The number of carbonyl (C=O) groups is 1. The molecule has 0 bridgehead atoms. The summed E-state index contributed by atoms with van der Waals surface area (Å²) in [6.07, 6.45) is -0.0957. The van der Waals surface area contributed by atoms with Gasteiger partial charge in [-0.05, 0) is 56.9 Å². The minimum absolute atomic E-state index is 0.136. The lowest BCUT2D eigenvalue weighted by Crippen LogP contribution is -2.41. The number of hydrogen-bond acceptors (Lipinski definition) is 4. The lowest BCUT2D eigenvalue weighted by Gasteiger charge is -2.31. The number of hydrogen-bond donors (Lipinski definition) is 2. The molecule has 0 unspecified atom stereocenters. The third-order valence-corrected chi connectivity index (χ3v) is 6.23. The number of benzene rings is 1. The van der Waals surface area contributed by atoms with Crippen molar-refractivity contribution in [3.05, 3.63) is 51.9 Å². The summed E-state index contributed by atoms with van der Waals surface area (Å²) in [6, 6.07) is 5.31. The van der Waals surface area contributed by atoms with E-state index in [-0.39, 0.29) is 28.7 Å². The molecule has 2 heterocycles. The van der Waals surface area contributed by atoms with Crippen molar-refractivity contribution in [2.24, 2.45) is 0 Å². The van der Waals surface area contributed by atoms with E-state index >= 15 is 0 Å². The van der Waals surface area contributed by atoms with Gasteiger partial charge in [-0.3, -0.25) is 9.48 Å². The van der Waals surface area contributed by atoms with Crippen molar-refractivity contribution < 1.29 is 18.0 Å². The Bertz CT molecular complexity index is 1180. The number of nitrogens with zero attached hydrogens (tertiary/aromatic N) is 3. The molecule has 0 spiro atoms. The maximum Gasteiger partial charge on any atom is 0.433 e. The smallest absolute Gasteiger partial charge is 0.382 e. The van der Waals surface area contributed by atoms with E-state index in [1.54, 1.807) is 16.9 Å². The minimum atomic E-state index is -4.57. The van der Waals surface area contributed by atoms with Crippen LogP contribution in [0.3, 0.4) is 0 Å². The van der Waals surface area contributed by atoms with Crippen LogP contribution < -0.4 is 10.6 Å². The normalized spacial score (nSPS) is 19.0. The molecule has 4 rings (SSSR count). The monoisotopic (exact) mass is 499 g/mol. The molecule has 1 fully saturated rings. The number of halogens is 5. The van der Waals surface area contributed by atoms with Gasteiger partial charge in [0.15, 0.2) is 5.15 Å². The third kappa shape index (κ3) is 5.35. The van der Waals surface area contributed by atoms with Crippen LogP contribution in [-0.2, 0) is 12.7 Å². The topological polar surface area (TPSA) is 71.8 Å². The van der Waals surface area contributed by atoms with Crippen molar-refractivity contribution >= 4 is 45.7 Å². The van der Waals surface area contributed by atoms with Gasteiger partial charge in [0.1, 0.15) is 5.69 Å². The summed E-state index contributed by atoms with van der Waals surface area (Å²) in [5.74, 6) is -0.314. The lowest BCUT2D eigenvalue weighted by atomic mass is 9.90. The number of nitrogens with one attached hydrogen (secondary N) is 2. The first kappa shape index (κ1) is 23.6. The fraction of sp³-hybridized carbons (Fsp3) is 0.409. The van der Waals surface area contributed by atoms with Gasteiger partial charge in [-0.15, -0.1) is 0 Å². The predicted octanol–water partition coefficient (Wildman–Crippen LogP) is 5.93. The lowest BCUT2D eigenvalue weighted by molar-refractivity contribution is -0.140. The first-order chi connectivity index (χ1) is 15.6. The summed E-state index contributed by atoms with van der Waals surface area (Å²) in [5, 5.41) is 11.4. The van der Waals surface area contributed by atoms with Crippen molar-refractivity contribution in [1.82, 2.24) is 20.1 Å². The quantitative estimate of drug-likeness (QED) is 0.456. The molecule has 2 atom stereocenters. The highest BCUT2D eigenvalue weighted by Gasteiger charge is 2.34. The maximum absolute atomic E-state index is 13.4. The molecule has 11 heteroatoms. The first-order valence-electron chi connectivity index (χ1n) is 10.6. The van der Waals surface area contributed by atoms with Gasteiger partial charge in [0.05, 0.1) is 11.1 Å². The van der Waals surface area contributed by atoms with Gasteiger partial charge >= 0.3 is 6.18 Å². The van der Waals surface area contributed by atoms with E-state index in [0.29, 0.717) is 34.6 Å². The van der Waals surface area contributed by atoms with Crippen LogP contribution in [0.2, 0.25) is 10.2 Å². The number of amides is 1. The van der Waals surface area contributed by atoms with Crippen LogP contribution in [0.4, 0.5) is 18.9 Å². The molecule has 1 amide bonds. The number of alkyl halides is 3. The van der Waals surface area contributed by atoms with Gasteiger partial charge in [-0.25, -0.2) is 4.98 Å². The van der Waals surface area contributed by atoms with Gasteiger partial charge in [0.25, 0.3) is 5.91 Å². The van der Waals surface area contributed by atoms with E-state index < -0.39 is 11.9 Å². The molecule has 2 N–H and O–H groups in total. The molecule has 0 saturated heterocycles. The molecule has 0 aliphatic heterocycles. The number of aryl methyl sites for hydroxylation is 1. The maximum atomic E-state index is 13.4. The number of aromatic nitrogens is 3. The van der Waals surface area contributed by atoms with Gasteiger partial charge in [0, 0.05) is 40.9 Å². The Labute approximate surface area is 198 Å². The van der Waals surface area contributed by atoms with E-state index in [9.17, 15) is 18.0 Å². The predicted molar refractivity (Wildman–Crippen MR) is 122 cm³/mol. The van der Waals surface area contributed by atoms with Crippen molar-refractivity contribution in [2.75, 3.05) is 5.32 Å². The van der Waals surface area contributed by atoms with Gasteiger partial charge in [-0.2, -0.15) is 18.3 Å². The van der Waals surface area contributed by atoms with Crippen LogP contribution in [-0.4, -0.2) is 32.8 Å². The van der Waals surface area contributed by atoms with Crippen molar-refractivity contribution in [3.63, 3.8) is 0 Å². The molecule has 3 aromatic rings. The second kappa shape index (κ2) is 9.38. The van der Waals surface area contributed by atoms with Crippen LogP contribution in [0, 0.1) is 0 Å². The van der Waals surface area contributed by atoms with Gasteiger partial charge in [0.2, 0.25) is 0 Å². The Kier molecular flexibility index (Phi) is 6.72. The summed E-state index contributed by atoms with van der Waals surface area (Å²) in [4.78, 5) is 16.4. The van der Waals surface area contributed by atoms with Crippen LogP contribution in [0.25, 0.3) is 10.9 Å². The van der Waals surface area contributed by atoms with Crippen LogP contribution in [0.5, 0.6) is 0 Å². The first-order valence-corrected chi connectivity index (χ1v) is 11.4. The molecule has 1 saturated carbocycles. The molecule has 1 aromatic carbocycles. The number of carbonyl (C=O) groups excluding carboxylic acids is 1.